The summed E-state index contributed by atoms with van der Waals surface area (Å²) in [5.41, 5.74) is 5.31. The first-order valence-corrected chi connectivity index (χ1v) is 15.8. The molecule has 4 unspecified atom stereocenters. The number of hydrogen-bond donors (Lipinski definition) is 4. The summed E-state index contributed by atoms with van der Waals surface area (Å²) in [6.07, 6.45) is 1.50. The van der Waals surface area contributed by atoms with Crippen molar-refractivity contribution in [3.8, 4) is 23.0 Å². The van der Waals surface area contributed by atoms with Crippen LogP contribution in [-0.2, 0) is 17.6 Å². The molecule has 4 aromatic carbocycles. The van der Waals surface area contributed by atoms with Crippen molar-refractivity contribution in [2.24, 2.45) is 0 Å². The zero-order valence-corrected chi connectivity index (χ0v) is 26.8. The number of rotatable bonds is 8. The van der Waals surface area contributed by atoms with Gasteiger partial charge in [0.1, 0.15) is 35.7 Å². The van der Waals surface area contributed by atoms with Crippen LogP contribution in [-0.4, -0.2) is 65.7 Å². The lowest BCUT2D eigenvalue weighted by Gasteiger charge is -2.32. The van der Waals surface area contributed by atoms with Gasteiger partial charge in [0.25, 0.3) is 0 Å². The Balaban J connectivity index is 0.000000373. The van der Waals surface area contributed by atoms with Gasteiger partial charge in [0.05, 0.1) is 32.0 Å². The predicted molar refractivity (Wildman–Crippen MR) is 178 cm³/mol. The van der Waals surface area contributed by atoms with Gasteiger partial charge in [0.2, 0.25) is 0 Å². The minimum atomic E-state index is -0.479. The first kappa shape index (κ1) is 34.8. The van der Waals surface area contributed by atoms with Crippen LogP contribution in [0.25, 0.3) is 0 Å². The molecule has 2 aliphatic heterocycles. The lowest BCUT2D eigenvalue weighted by atomic mass is 9.93. The van der Waals surface area contributed by atoms with E-state index in [1.165, 1.54) is 5.56 Å². The predicted octanol–water partition coefficient (Wildman–Crippen LogP) is 5.94. The van der Waals surface area contributed by atoms with Crippen molar-refractivity contribution in [2.45, 2.75) is 63.9 Å². The van der Waals surface area contributed by atoms with E-state index in [9.17, 15) is 10.2 Å². The summed E-state index contributed by atoms with van der Waals surface area (Å²) in [5.74, 6) is 2.94. The second kappa shape index (κ2) is 17.6. The Kier molecular flexibility index (Phi) is 13.3. The number of benzene rings is 4. The van der Waals surface area contributed by atoms with Gasteiger partial charge < -0.3 is 39.4 Å². The molecule has 1 fully saturated rings. The molecule has 0 saturated carbocycles. The number of aromatic hydroxyl groups is 1. The molecular formula is C38H46O8. The van der Waals surface area contributed by atoms with Crippen LogP contribution in [0.2, 0.25) is 0 Å². The summed E-state index contributed by atoms with van der Waals surface area (Å²) in [7, 11) is 1.67. The first-order chi connectivity index (χ1) is 22.3. The van der Waals surface area contributed by atoms with Gasteiger partial charge in [0, 0.05) is 32.3 Å². The van der Waals surface area contributed by atoms with Gasteiger partial charge in [-0.3, -0.25) is 0 Å². The van der Waals surface area contributed by atoms with Gasteiger partial charge in [-0.15, -0.1) is 0 Å². The zero-order valence-electron chi connectivity index (χ0n) is 26.8. The van der Waals surface area contributed by atoms with E-state index in [4.69, 9.17) is 29.2 Å². The molecule has 246 valence electrons. The number of para-hydroxylation sites is 2. The molecule has 0 spiro atoms. The Labute approximate surface area is 271 Å². The lowest BCUT2D eigenvalue weighted by Crippen LogP contribution is -2.33. The van der Waals surface area contributed by atoms with E-state index in [-0.39, 0.29) is 31.5 Å². The summed E-state index contributed by atoms with van der Waals surface area (Å²) in [5, 5.41) is 36.2. The van der Waals surface area contributed by atoms with Gasteiger partial charge in [-0.05, 0) is 78.1 Å². The second-order valence-corrected chi connectivity index (χ2v) is 11.4. The molecular weight excluding hydrogens is 584 g/mol. The lowest BCUT2D eigenvalue weighted by molar-refractivity contribution is -0.113. The standard InChI is InChI=1S/C29H32O6.C7H8O.C2H6O/c1-32-27-11-8-21(29-16-23(31)15-25(17-30)34-29)13-22(27)12-19-6-9-24(10-7-19)33-18-26-14-20-4-2-3-5-28(20)35-26;1-6-4-2-3-5-7(6)8;1-2-3/h2-11,13,23,25-26,29-31H,12,14-18H2,1H3;2-5,8H,1H3;3H,2H2,1H3. The molecule has 4 atom stereocenters. The molecule has 6 rings (SSSR count). The number of ether oxygens (including phenoxy) is 4. The molecule has 0 aromatic heterocycles. The monoisotopic (exact) mass is 630 g/mol. The minimum absolute atomic E-state index is 0.0324. The summed E-state index contributed by atoms with van der Waals surface area (Å²) < 4.78 is 23.5. The van der Waals surface area contributed by atoms with Crippen LogP contribution in [0.1, 0.15) is 53.7 Å². The molecule has 0 radical (unpaired) electrons. The maximum absolute atomic E-state index is 10.2. The van der Waals surface area contributed by atoms with Crippen LogP contribution in [0.15, 0.2) is 91.0 Å². The van der Waals surface area contributed by atoms with Gasteiger partial charge >= 0.3 is 0 Å². The third-order valence-corrected chi connectivity index (χ3v) is 7.84. The van der Waals surface area contributed by atoms with Crippen molar-refractivity contribution in [3.63, 3.8) is 0 Å². The average molecular weight is 631 g/mol. The number of methoxy groups -OCH3 is 1. The van der Waals surface area contributed by atoms with Crippen LogP contribution >= 0.6 is 0 Å². The highest BCUT2D eigenvalue weighted by molar-refractivity contribution is 5.42. The second-order valence-electron chi connectivity index (χ2n) is 11.4. The number of aliphatic hydroxyl groups excluding tert-OH is 3. The zero-order chi connectivity index (χ0) is 32.9. The van der Waals surface area contributed by atoms with Crippen molar-refractivity contribution < 1.29 is 39.4 Å². The van der Waals surface area contributed by atoms with Gasteiger partial charge in [-0.1, -0.05) is 54.6 Å². The smallest absolute Gasteiger partial charge is 0.137 e. The van der Waals surface area contributed by atoms with Crippen LogP contribution < -0.4 is 14.2 Å². The largest absolute Gasteiger partial charge is 0.508 e. The highest BCUT2D eigenvalue weighted by Gasteiger charge is 2.29. The summed E-state index contributed by atoms with van der Waals surface area (Å²) in [6, 6.07) is 29.5. The Hall–Kier alpha value is -4.08. The van der Waals surface area contributed by atoms with E-state index >= 15 is 0 Å². The Morgan fingerprint density at radius 3 is 2.24 bits per heavy atom. The van der Waals surface area contributed by atoms with E-state index in [0.717, 1.165) is 45.9 Å². The van der Waals surface area contributed by atoms with Gasteiger partial charge in [0.15, 0.2) is 0 Å². The van der Waals surface area contributed by atoms with Gasteiger partial charge in [-0.25, -0.2) is 0 Å². The van der Waals surface area contributed by atoms with E-state index in [1.54, 1.807) is 20.1 Å². The number of aliphatic hydroxyl groups is 3. The maximum Gasteiger partial charge on any atom is 0.137 e. The van der Waals surface area contributed by atoms with Crippen molar-refractivity contribution in [1.82, 2.24) is 0 Å². The topological polar surface area (TPSA) is 118 Å². The van der Waals surface area contributed by atoms with Crippen molar-refractivity contribution in [1.29, 1.82) is 0 Å². The molecule has 8 nitrogen and oxygen atoms in total. The normalized spacial score (nSPS) is 19.8. The number of aryl methyl sites for hydroxylation is 1. The summed E-state index contributed by atoms with van der Waals surface area (Å²) in [6.45, 7) is 4.21. The van der Waals surface area contributed by atoms with Crippen LogP contribution in [0.4, 0.5) is 0 Å². The molecule has 0 amide bonds. The first-order valence-electron chi connectivity index (χ1n) is 15.8. The highest BCUT2D eigenvalue weighted by atomic mass is 16.5. The highest BCUT2D eigenvalue weighted by Crippen LogP contribution is 2.35. The van der Waals surface area contributed by atoms with Crippen LogP contribution in [0, 0.1) is 6.92 Å². The number of fused-ring (bicyclic) bond motifs is 1. The average Bonchev–Trinajstić information content (AvgIpc) is 3.49. The van der Waals surface area contributed by atoms with E-state index in [0.29, 0.717) is 31.6 Å². The third kappa shape index (κ3) is 9.96. The van der Waals surface area contributed by atoms with Crippen molar-refractivity contribution in [2.75, 3.05) is 26.9 Å². The fourth-order valence-corrected chi connectivity index (χ4v) is 5.48. The molecule has 1 saturated heterocycles. The van der Waals surface area contributed by atoms with Gasteiger partial charge in [-0.2, -0.15) is 0 Å². The van der Waals surface area contributed by atoms with Crippen LogP contribution in [0.3, 0.4) is 0 Å². The SMILES string of the molecule is CCO.COc1ccc(C2CC(O)CC(CO)O2)cc1Cc1ccc(OCC2Cc3ccccc3O2)cc1.Cc1ccccc1O. The maximum atomic E-state index is 10.2. The number of hydrogen-bond acceptors (Lipinski definition) is 8. The molecule has 0 bridgehead atoms. The quantitative estimate of drug-likeness (QED) is 0.189. The van der Waals surface area contributed by atoms with E-state index in [1.807, 2.05) is 67.6 Å². The molecule has 0 aliphatic carbocycles. The molecule has 2 aliphatic rings. The summed E-state index contributed by atoms with van der Waals surface area (Å²) >= 11 is 0. The fraction of sp³-hybridized carbons (Fsp3) is 0.368. The van der Waals surface area contributed by atoms with Crippen molar-refractivity contribution in [3.05, 3.63) is 119 Å². The molecule has 4 N–H and O–H groups in total. The summed E-state index contributed by atoms with van der Waals surface area (Å²) in [4.78, 5) is 0. The molecule has 46 heavy (non-hydrogen) atoms. The molecule has 2 heterocycles. The Morgan fingerprint density at radius 2 is 1.59 bits per heavy atom. The minimum Gasteiger partial charge on any atom is -0.508 e. The van der Waals surface area contributed by atoms with Crippen molar-refractivity contribution >= 4 is 0 Å². The van der Waals surface area contributed by atoms with E-state index < -0.39 is 6.10 Å². The van der Waals surface area contributed by atoms with Crippen LogP contribution in [0.5, 0.6) is 23.0 Å². The Morgan fingerprint density at radius 1 is 0.870 bits per heavy atom. The number of phenolic OH excluding ortho intramolecular Hbond substituents is 1. The Bertz CT molecular complexity index is 1440. The fourth-order valence-electron chi connectivity index (χ4n) is 5.48. The van der Waals surface area contributed by atoms with E-state index in [2.05, 4.69) is 24.3 Å². The molecule has 8 heteroatoms. The third-order valence-electron chi connectivity index (χ3n) is 7.84. The molecule has 4 aromatic rings. The number of phenols is 1.